The molecule has 0 N–H and O–H groups in total. The molecule has 4 nitrogen and oxygen atoms in total. The number of thiazole rings is 1. The maximum absolute atomic E-state index is 12.9. The van der Waals surface area contributed by atoms with Crippen LogP contribution in [-0.2, 0) is 13.1 Å². The number of amides is 1. The highest BCUT2D eigenvalue weighted by Gasteiger charge is 2.19. The van der Waals surface area contributed by atoms with Gasteiger partial charge in [0.2, 0.25) is 0 Å². The van der Waals surface area contributed by atoms with Crippen molar-refractivity contribution in [3.8, 4) is 0 Å². The fourth-order valence-electron chi connectivity index (χ4n) is 2.54. The first kappa shape index (κ1) is 16.3. The second-order valence-corrected chi connectivity index (χ2v) is 6.79. The van der Waals surface area contributed by atoms with Gasteiger partial charge in [0, 0.05) is 18.1 Å². The van der Waals surface area contributed by atoms with Gasteiger partial charge in [0.1, 0.15) is 5.69 Å². The van der Waals surface area contributed by atoms with Gasteiger partial charge in [0.15, 0.2) is 0 Å². The van der Waals surface area contributed by atoms with Crippen LogP contribution in [0.5, 0.6) is 0 Å². The van der Waals surface area contributed by atoms with Crippen molar-refractivity contribution in [1.29, 1.82) is 0 Å². The van der Waals surface area contributed by atoms with E-state index in [4.69, 9.17) is 0 Å². The molecule has 5 heteroatoms. The molecule has 0 fully saturated rings. The molecule has 0 bridgehead atoms. The van der Waals surface area contributed by atoms with E-state index in [0.717, 1.165) is 16.3 Å². The monoisotopic (exact) mass is 337 g/mol. The third-order valence-electron chi connectivity index (χ3n) is 3.66. The van der Waals surface area contributed by atoms with Crippen LogP contribution in [0.15, 0.2) is 54.0 Å². The number of carbonyl (C=O) groups is 1. The van der Waals surface area contributed by atoms with Crippen LogP contribution in [0, 0.1) is 13.8 Å². The van der Waals surface area contributed by atoms with Gasteiger partial charge >= 0.3 is 0 Å². The van der Waals surface area contributed by atoms with Crippen molar-refractivity contribution in [1.82, 2.24) is 14.9 Å². The summed E-state index contributed by atoms with van der Waals surface area (Å²) in [5, 5.41) is 2.71. The first-order chi connectivity index (χ1) is 11.6. The van der Waals surface area contributed by atoms with Crippen molar-refractivity contribution in [2.45, 2.75) is 26.9 Å². The van der Waals surface area contributed by atoms with Gasteiger partial charge < -0.3 is 4.90 Å². The molecule has 1 amide bonds. The van der Waals surface area contributed by atoms with E-state index in [-0.39, 0.29) is 5.91 Å². The fraction of sp³-hybridized carbons (Fsp3) is 0.211. The third-order valence-corrected chi connectivity index (χ3v) is 4.43. The van der Waals surface area contributed by atoms with Gasteiger partial charge in [-0.1, -0.05) is 35.9 Å². The summed E-state index contributed by atoms with van der Waals surface area (Å²) < 4.78 is 0. The van der Waals surface area contributed by atoms with Crippen molar-refractivity contribution in [2.75, 3.05) is 0 Å². The van der Waals surface area contributed by atoms with E-state index in [1.165, 1.54) is 16.9 Å². The predicted octanol–water partition coefficient (Wildman–Crippen LogP) is 4.00. The van der Waals surface area contributed by atoms with Crippen molar-refractivity contribution in [3.05, 3.63) is 81.6 Å². The lowest BCUT2D eigenvalue weighted by Crippen LogP contribution is -2.30. The normalized spacial score (nSPS) is 10.6. The number of benzene rings is 1. The highest BCUT2D eigenvalue weighted by Crippen LogP contribution is 2.16. The standard InChI is InChI=1S/C19H19N3OS/c1-14-6-5-7-16(10-14)11-22(12-17-8-3-4-9-20-17)19(23)18-13-24-15(2)21-18/h3-10,13H,11-12H2,1-2H3. The maximum atomic E-state index is 12.9. The summed E-state index contributed by atoms with van der Waals surface area (Å²) in [5.41, 5.74) is 3.65. The van der Waals surface area contributed by atoms with Crippen molar-refractivity contribution < 1.29 is 4.79 Å². The fourth-order valence-corrected chi connectivity index (χ4v) is 3.13. The largest absolute Gasteiger partial charge is 0.327 e. The summed E-state index contributed by atoms with van der Waals surface area (Å²) in [7, 11) is 0. The minimum atomic E-state index is -0.0634. The van der Waals surface area contributed by atoms with E-state index < -0.39 is 0 Å². The Balaban J connectivity index is 1.86. The molecule has 0 aliphatic carbocycles. The molecular weight excluding hydrogens is 318 g/mol. The highest BCUT2D eigenvalue weighted by molar-refractivity contribution is 7.09. The summed E-state index contributed by atoms with van der Waals surface area (Å²) >= 11 is 1.49. The zero-order valence-electron chi connectivity index (χ0n) is 13.8. The van der Waals surface area contributed by atoms with Crippen LogP contribution in [0.3, 0.4) is 0 Å². The highest BCUT2D eigenvalue weighted by atomic mass is 32.1. The Morgan fingerprint density at radius 2 is 2.00 bits per heavy atom. The topological polar surface area (TPSA) is 46.1 Å². The predicted molar refractivity (Wildman–Crippen MR) is 95.8 cm³/mol. The molecule has 0 unspecified atom stereocenters. The molecule has 0 saturated heterocycles. The van der Waals surface area contributed by atoms with E-state index >= 15 is 0 Å². The van der Waals surface area contributed by atoms with Gasteiger partial charge in [0.25, 0.3) is 5.91 Å². The van der Waals surface area contributed by atoms with Crippen LogP contribution in [0.2, 0.25) is 0 Å². The quantitative estimate of drug-likeness (QED) is 0.707. The molecule has 24 heavy (non-hydrogen) atoms. The molecule has 0 aliphatic rings. The Bertz CT molecular complexity index is 829. The van der Waals surface area contributed by atoms with E-state index in [2.05, 4.69) is 29.0 Å². The van der Waals surface area contributed by atoms with Crippen LogP contribution in [0.4, 0.5) is 0 Å². The van der Waals surface area contributed by atoms with Crippen LogP contribution < -0.4 is 0 Å². The van der Waals surface area contributed by atoms with Gasteiger partial charge in [-0.2, -0.15) is 0 Å². The Hall–Kier alpha value is -2.53. The number of hydrogen-bond donors (Lipinski definition) is 0. The summed E-state index contributed by atoms with van der Waals surface area (Å²) in [4.78, 5) is 23.4. The first-order valence-electron chi connectivity index (χ1n) is 7.78. The average Bonchev–Trinajstić information content (AvgIpc) is 3.01. The molecular formula is C19H19N3OS. The number of aromatic nitrogens is 2. The third kappa shape index (κ3) is 4.06. The lowest BCUT2D eigenvalue weighted by molar-refractivity contribution is 0.0722. The summed E-state index contributed by atoms with van der Waals surface area (Å²) in [5.74, 6) is -0.0634. The molecule has 0 saturated carbocycles. The average molecular weight is 337 g/mol. The van der Waals surface area contributed by atoms with Gasteiger partial charge in [-0.3, -0.25) is 9.78 Å². The van der Waals surface area contributed by atoms with Crippen molar-refractivity contribution in [3.63, 3.8) is 0 Å². The lowest BCUT2D eigenvalue weighted by atomic mass is 10.1. The summed E-state index contributed by atoms with van der Waals surface area (Å²) in [6, 6.07) is 14.0. The zero-order valence-corrected chi connectivity index (χ0v) is 14.6. The van der Waals surface area contributed by atoms with Crippen LogP contribution >= 0.6 is 11.3 Å². The molecule has 0 atom stereocenters. The maximum Gasteiger partial charge on any atom is 0.273 e. The molecule has 3 rings (SSSR count). The number of pyridine rings is 1. The van der Waals surface area contributed by atoms with Gasteiger partial charge in [-0.05, 0) is 31.5 Å². The van der Waals surface area contributed by atoms with Gasteiger partial charge in [0.05, 0.1) is 17.2 Å². The molecule has 3 aromatic rings. The molecule has 2 aromatic heterocycles. The van der Waals surface area contributed by atoms with Gasteiger partial charge in [-0.25, -0.2) is 4.98 Å². The minimum absolute atomic E-state index is 0.0634. The first-order valence-corrected chi connectivity index (χ1v) is 8.66. The van der Waals surface area contributed by atoms with Gasteiger partial charge in [-0.15, -0.1) is 11.3 Å². The Kier molecular flexibility index (Phi) is 5.01. The number of nitrogens with zero attached hydrogens (tertiary/aromatic N) is 3. The number of carbonyl (C=O) groups excluding carboxylic acids is 1. The molecule has 122 valence electrons. The number of aryl methyl sites for hydroxylation is 2. The molecule has 0 radical (unpaired) electrons. The second-order valence-electron chi connectivity index (χ2n) is 5.72. The van der Waals surface area contributed by atoms with Crippen molar-refractivity contribution in [2.24, 2.45) is 0 Å². The Labute approximate surface area is 145 Å². The minimum Gasteiger partial charge on any atom is -0.327 e. The lowest BCUT2D eigenvalue weighted by Gasteiger charge is -2.22. The Morgan fingerprint density at radius 1 is 1.12 bits per heavy atom. The van der Waals surface area contributed by atoms with E-state index in [9.17, 15) is 4.79 Å². The number of rotatable bonds is 5. The van der Waals surface area contributed by atoms with Crippen LogP contribution in [0.25, 0.3) is 0 Å². The zero-order chi connectivity index (χ0) is 16.9. The molecule has 2 heterocycles. The molecule has 0 aliphatic heterocycles. The van der Waals surface area contributed by atoms with Crippen LogP contribution in [-0.4, -0.2) is 20.8 Å². The van der Waals surface area contributed by atoms with E-state index in [1.807, 2.05) is 42.6 Å². The molecule has 0 spiro atoms. The smallest absolute Gasteiger partial charge is 0.273 e. The SMILES string of the molecule is Cc1cccc(CN(Cc2ccccn2)C(=O)c2csc(C)n2)c1. The van der Waals surface area contributed by atoms with Crippen molar-refractivity contribution >= 4 is 17.2 Å². The van der Waals surface area contributed by atoms with E-state index in [0.29, 0.717) is 18.8 Å². The summed E-state index contributed by atoms with van der Waals surface area (Å²) in [6.07, 6.45) is 1.75. The van der Waals surface area contributed by atoms with E-state index in [1.54, 1.807) is 11.1 Å². The summed E-state index contributed by atoms with van der Waals surface area (Å²) in [6.45, 7) is 4.96. The Morgan fingerprint density at radius 3 is 2.67 bits per heavy atom. The molecule has 1 aromatic carbocycles. The second kappa shape index (κ2) is 7.36. The van der Waals surface area contributed by atoms with Crippen LogP contribution in [0.1, 0.15) is 32.3 Å². The number of hydrogen-bond acceptors (Lipinski definition) is 4.